The Hall–Kier alpha value is -1.60. The SMILES string of the molecule is COc1nc(OCC(C)=O)ccc1B1OC(C)(C)C(C)(C)O1. The highest BCUT2D eigenvalue weighted by molar-refractivity contribution is 6.63. The molecule has 0 spiro atoms. The predicted octanol–water partition coefficient (Wildman–Crippen LogP) is 1.36. The lowest BCUT2D eigenvalue weighted by atomic mass is 9.80. The smallest absolute Gasteiger partial charge is 0.481 e. The Kier molecular flexibility index (Phi) is 4.49. The van der Waals surface area contributed by atoms with E-state index in [9.17, 15) is 4.79 Å². The molecule has 0 amide bonds. The third-order valence-corrected chi connectivity index (χ3v) is 3.99. The van der Waals surface area contributed by atoms with Crippen LogP contribution in [0.25, 0.3) is 0 Å². The molecule has 0 saturated carbocycles. The van der Waals surface area contributed by atoms with Gasteiger partial charge in [0.05, 0.1) is 18.3 Å². The highest BCUT2D eigenvalue weighted by Crippen LogP contribution is 2.37. The number of hydrogen-bond acceptors (Lipinski definition) is 6. The van der Waals surface area contributed by atoms with Crippen LogP contribution in [0.2, 0.25) is 0 Å². The third kappa shape index (κ3) is 3.25. The van der Waals surface area contributed by atoms with Gasteiger partial charge in [-0.2, -0.15) is 4.98 Å². The number of Topliss-reactive ketones (excluding diaryl/α,β-unsaturated/α-hetero) is 1. The van der Waals surface area contributed by atoms with E-state index in [1.54, 1.807) is 12.1 Å². The third-order valence-electron chi connectivity index (χ3n) is 3.99. The molecule has 1 aliphatic heterocycles. The van der Waals surface area contributed by atoms with E-state index in [-0.39, 0.29) is 12.4 Å². The summed E-state index contributed by atoms with van der Waals surface area (Å²) in [7, 11) is 0.959. The van der Waals surface area contributed by atoms with Crippen molar-refractivity contribution in [3.05, 3.63) is 12.1 Å². The number of nitrogens with zero attached hydrogens (tertiary/aromatic N) is 1. The summed E-state index contributed by atoms with van der Waals surface area (Å²) in [5, 5.41) is 0. The van der Waals surface area contributed by atoms with Crippen molar-refractivity contribution in [3.63, 3.8) is 0 Å². The highest BCUT2D eigenvalue weighted by Gasteiger charge is 2.52. The first-order valence-corrected chi connectivity index (χ1v) is 7.19. The van der Waals surface area contributed by atoms with Gasteiger partial charge in [-0.3, -0.25) is 4.79 Å². The summed E-state index contributed by atoms with van der Waals surface area (Å²) in [4.78, 5) is 15.2. The minimum absolute atomic E-state index is 0.0218. The van der Waals surface area contributed by atoms with Crippen LogP contribution in [0, 0.1) is 0 Å². The summed E-state index contributed by atoms with van der Waals surface area (Å²) < 4.78 is 22.6. The maximum absolute atomic E-state index is 11.0. The fraction of sp³-hybridized carbons (Fsp3) is 0.600. The van der Waals surface area contributed by atoms with E-state index in [1.807, 2.05) is 27.7 Å². The molecule has 1 aromatic rings. The van der Waals surface area contributed by atoms with Gasteiger partial charge in [0.25, 0.3) is 0 Å². The summed E-state index contributed by atoms with van der Waals surface area (Å²) in [6, 6.07) is 3.45. The Morgan fingerprint density at radius 1 is 1.23 bits per heavy atom. The molecule has 0 aliphatic carbocycles. The first kappa shape index (κ1) is 16.8. The van der Waals surface area contributed by atoms with Crippen LogP contribution < -0.4 is 14.9 Å². The van der Waals surface area contributed by atoms with Gasteiger partial charge >= 0.3 is 7.12 Å². The number of carbonyl (C=O) groups excluding carboxylic acids is 1. The van der Waals surface area contributed by atoms with E-state index in [0.717, 1.165) is 0 Å². The maximum Gasteiger partial charge on any atom is 0.500 e. The number of rotatable bonds is 5. The molecule has 0 radical (unpaired) electrons. The second-order valence-electron chi connectivity index (χ2n) is 6.33. The van der Waals surface area contributed by atoms with Crippen LogP contribution in [-0.4, -0.2) is 42.8 Å². The Balaban J connectivity index is 2.24. The van der Waals surface area contributed by atoms with Crippen LogP contribution in [-0.2, 0) is 14.1 Å². The van der Waals surface area contributed by atoms with Gasteiger partial charge in [-0.05, 0) is 34.6 Å². The topological polar surface area (TPSA) is 66.9 Å². The number of carbonyl (C=O) groups is 1. The predicted molar refractivity (Wildman–Crippen MR) is 82.7 cm³/mol. The highest BCUT2D eigenvalue weighted by atomic mass is 16.7. The normalized spacial score (nSPS) is 19.1. The van der Waals surface area contributed by atoms with Crippen LogP contribution in [0.5, 0.6) is 11.8 Å². The van der Waals surface area contributed by atoms with Crippen LogP contribution in [0.3, 0.4) is 0 Å². The van der Waals surface area contributed by atoms with Gasteiger partial charge in [0, 0.05) is 11.5 Å². The molecule has 0 N–H and O–H groups in total. The summed E-state index contributed by atoms with van der Waals surface area (Å²) in [6.45, 7) is 9.37. The standard InChI is InChI=1S/C15H22BNO5/c1-10(18)9-20-12-8-7-11(13(17-12)19-6)16-21-14(2,3)15(4,5)22-16/h7-8H,9H2,1-6H3. The summed E-state index contributed by atoms with van der Waals surface area (Å²) in [6.07, 6.45) is 0. The number of ether oxygens (including phenoxy) is 2. The van der Waals surface area contributed by atoms with E-state index >= 15 is 0 Å². The van der Waals surface area contributed by atoms with Crippen molar-refractivity contribution in [2.45, 2.75) is 45.8 Å². The average Bonchev–Trinajstić information content (AvgIpc) is 2.64. The van der Waals surface area contributed by atoms with Gasteiger partial charge < -0.3 is 18.8 Å². The Morgan fingerprint density at radius 3 is 2.32 bits per heavy atom. The summed E-state index contributed by atoms with van der Waals surface area (Å²) >= 11 is 0. The largest absolute Gasteiger partial charge is 0.500 e. The van der Waals surface area contributed by atoms with E-state index in [1.165, 1.54) is 14.0 Å². The molecule has 2 heterocycles. The first-order chi connectivity index (χ1) is 10.2. The molecule has 22 heavy (non-hydrogen) atoms. The van der Waals surface area contributed by atoms with Crippen LogP contribution in [0.1, 0.15) is 34.6 Å². The molecular weight excluding hydrogens is 285 g/mol. The van der Waals surface area contributed by atoms with Crippen molar-refractivity contribution < 1.29 is 23.6 Å². The number of aromatic nitrogens is 1. The zero-order chi connectivity index (χ0) is 16.5. The lowest BCUT2D eigenvalue weighted by Crippen LogP contribution is -2.41. The first-order valence-electron chi connectivity index (χ1n) is 7.19. The van der Waals surface area contributed by atoms with E-state index in [4.69, 9.17) is 18.8 Å². The van der Waals surface area contributed by atoms with Crippen molar-refractivity contribution in [3.8, 4) is 11.8 Å². The van der Waals surface area contributed by atoms with Crippen molar-refractivity contribution in [1.82, 2.24) is 4.98 Å². The van der Waals surface area contributed by atoms with Gasteiger partial charge in [0.15, 0.2) is 5.78 Å². The van der Waals surface area contributed by atoms with Crippen molar-refractivity contribution in [1.29, 1.82) is 0 Å². The van der Waals surface area contributed by atoms with Gasteiger partial charge in [-0.1, -0.05) is 6.07 Å². The maximum atomic E-state index is 11.0. The average molecular weight is 307 g/mol. The number of methoxy groups -OCH3 is 1. The molecule has 2 rings (SSSR count). The fourth-order valence-electron chi connectivity index (χ4n) is 2.00. The molecule has 7 heteroatoms. The fourth-order valence-corrected chi connectivity index (χ4v) is 2.00. The molecule has 0 aromatic carbocycles. The van der Waals surface area contributed by atoms with Crippen molar-refractivity contribution in [2.75, 3.05) is 13.7 Å². The zero-order valence-electron chi connectivity index (χ0n) is 13.9. The number of hydrogen-bond donors (Lipinski definition) is 0. The summed E-state index contributed by atoms with van der Waals surface area (Å²) in [5.41, 5.74) is -0.185. The van der Waals surface area contributed by atoms with Gasteiger partial charge in [-0.25, -0.2) is 0 Å². The number of ketones is 1. The van der Waals surface area contributed by atoms with Gasteiger partial charge in [0.2, 0.25) is 11.8 Å². The molecule has 1 aliphatic rings. The molecule has 6 nitrogen and oxygen atoms in total. The second-order valence-corrected chi connectivity index (χ2v) is 6.33. The molecule has 120 valence electrons. The van der Waals surface area contributed by atoms with E-state index in [2.05, 4.69) is 4.98 Å². The quantitative estimate of drug-likeness (QED) is 0.765. The van der Waals surface area contributed by atoms with E-state index in [0.29, 0.717) is 17.2 Å². The Labute approximate surface area is 131 Å². The molecule has 0 bridgehead atoms. The van der Waals surface area contributed by atoms with Crippen molar-refractivity contribution >= 4 is 18.4 Å². The summed E-state index contributed by atoms with van der Waals surface area (Å²) in [5.74, 6) is 0.614. The lowest BCUT2D eigenvalue weighted by molar-refractivity contribution is -0.119. The van der Waals surface area contributed by atoms with Crippen molar-refractivity contribution in [2.24, 2.45) is 0 Å². The Bertz CT molecular complexity index is 557. The molecular formula is C15H22BNO5. The van der Waals surface area contributed by atoms with Crippen LogP contribution in [0.15, 0.2) is 12.1 Å². The zero-order valence-corrected chi connectivity index (χ0v) is 13.9. The minimum atomic E-state index is -0.561. The van der Waals surface area contributed by atoms with Gasteiger partial charge in [0.1, 0.15) is 6.61 Å². The lowest BCUT2D eigenvalue weighted by Gasteiger charge is -2.32. The molecule has 1 fully saturated rings. The number of pyridine rings is 1. The minimum Gasteiger partial charge on any atom is -0.481 e. The van der Waals surface area contributed by atoms with Gasteiger partial charge in [-0.15, -0.1) is 0 Å². The molecule has 1 aromatic heterocycles. The van der Waals surface area contributed by atoms with Crippen LogP contribution >= 0.6 is 0 Å². The molecule has 0 atom stereocenters. The molecule has 1 saturated heterocycles. The van der Waals surface area contributed by atoms with Crippen LogP contribution in [0.4, 0.5) is 0 Å². The second kappa shape index (κ2) is 5.89. The molecule has 0 unspecified atom stereocenters. The monoisotopic (exact) mass is 307 g/mol. The Morgan fingerprint density at radius 2 is 1.82 bits per heavy atom. The van der Waals surface area contributed by atoms with E-state index < -0.39 is 18.3 Å².